The smallest absolute Gasteiger partial charge is 0.251 e. The van der Waals surface area contributed by atoms with Gasteiger partial charge in [-0.25, -0.2) is 0 Å². The number of rotatable bonds is 5. The Balaban J connectivity index is 1.84. The highest BCUT2D eigenvalue weighted by atomic mass is 16.2. The summed E-state index contributed by atoms with van der Waals surface area (Å²) in [5.74, 6) is -0.189. The van der Waals surface area contributed by atoms with Gasteiger partial charge in [0.2, 0.25) is 5.91 Å². The molecular formula is C17H25N3O2. The highest BCUT2D eigenvalue weighted by Gasteiger charge is 2.15. The highest BCUT2D eigenvalue weighted by Crippen LogP contribution is 2.11. The summed E-state index contributed by atoms with van der Waals surface area (Å²) in [6.45, 7) is 6.66. The fraction of sp³-hybridized carbons (Fsp3) is 0.529. The Kier molecular flexibility index (Phi) is 5.95. The molecule has 2 rings (SSSR count). The maximum absolute atomic E-state index is 12.2. The first kappa shape index (κ1) is 16.5. The van der Waals surface area contributed by atoms with Crippen LogP contribution in [0.2, 0.25) is 0 Å². The molecule has 0 unspecified atom stereocenters. The van der Waals surface area contributed by atoms with Gasteiger partial charge in [0.1, 0.15) is 0 Å². The Morgan fingerprint density at radius 2 is 1.77 bits per heavy atom. The number of likely N-dealkylation sites (tertiary alicyclic amines) is 1. The number of benzene rings is 1. The lowest BCUT2D eigenvalue weighted by molar-refractivity contribution is -0.114. The lowest BCUT2D eigenvalue weighted by Crippen LogP contribution is -2.43. The molecule has 0 radical (unpaired) electrons. The minimum Gasteiger partial charge on any atom is -0.348 e. The first-order valence-corrected chi connectivity index (χ1v) is 7.95. The first-order chi connectivity index (χ1) is 10.5. The molecule has 22 heavy (non-hydrogen) atoms. The predicted molar refractivity (Wildman–Crippen MR) is 88.0 cm³/mol. The van der Waals surface area contributed by atoms with Crippen molar-refractivity contribution in [3.05, 3.63) is 29.8 Å². The summed E-state index contributed by atoms with van der Waals surface area (Å²) in [7, 11) is 0. The van der Waals surface area contributed by atoms with E-state index in [1.54, 1.807) is 24.3 Å². The van der Waals surface area contributed by atoms with Gasteiger partial charge in [-0.15, -0.1) is 0 Å². The van der Waals surface area contributed by atoms with E-state index in [0.29, 0.717) is 11.3 Å². The van der Waals surface area contributed by atoms with E-state index in [1.807, 2.05) is 6.92 Å². The zero-order valence-electron chi connectivity index (χ0n) is 13.4. The monoisotopic (exact) mass is 303 g/mol. The lowest BCUT2D eigenvalue weighted by atomic mass is 10.1. The molecule has 0 saturated carbocycles. The molecule has 5 heteroatoms. The lowest BCUT2D eigenvalue weighted by Gasteiger charge is -2.29. The third-order valence-corrected chi connectivity index (χ3v) is 3.83. The Morgan fingerprint density at radius 3 is 2.36 bits per heavy atom. The van der Waals surface area contributed by atoms with Gasteiger partial charge >= 0.3 is 0 Å². The number of nitrogens with one attached hydrogen (secondary N) is 2. The summed E-state index contributed by atoms with van der Waals surface area (Å²) >= 11 is 0. The van der Waals surface area contributed by atoms with Gasteiger partial charge in [0.05, 0.1) is 0 Å². The number of piperidine rings is 1. The van der Waals surface area contributed by atoms with Crippen molar-refractivity contribution in [2.45, 2.75) is 39.2 Å². The molecule has 1 atom stereocenters. The number of hydrogen-bond acceptors (Lipinski definition) is 3. The van der Waals surface area contributed by atoms with Crippen molar-refractivity contribution in [3.63, 3.8) is 0 Å². The largest absolute Gasteiger partial charge is 0.348 e. The van der Waals surface area contributed by atoms with E-state index in [1.165, 1.54) is 26.2 Å². The molecule has 1 saturated heterocycles. The summed E-state index contributed by atoms with van der Waals surface area (Å²) in [5, 5.41) is 5.72. The SMILES string of the molecule is CC(=O)Nc1ccc(C(=O)N[C@H](C)CN2CCCCC2)cc1. The van der Waals surface area contributed by atoms with Crippen LogP contribution in [0.4, 0.5) is 5.69 Å². The minimum absolute atomic E-state index is 0.0705. The van der Waals surface area contributed by atoms with Gasteiger partial charge in [-0.2, -0.15) is 0 Å². The highest BCUT2D eigenvalue weighted by molar-refractivity contribution is 5.95. The maximum atomic E-state index is 12.2. The average molecular weight is 303 g/mol. The van der Waals surface area contributed by atoms with Crippen LogP contribution in [0.1, 0.15) is 43.5 Å². The molecule has 2 amide bonds. The van der Waals surface area contributed by atoms with Crippen LogP contribution in [0.3, 0.4) is 0 Å². The van der Waals surface area contributed by atoms with Gasteiger partial charge in [0, 0.05) is 30.8 Å². The van der Waals surface area contributed by atoms with Gasteiger partial charge in [-0.05, 0) is 57.1 Å². The second kappa shape index (κ2) is 7.94. The van der Waals surface area contributed by atoms with E-state index in [4.69, 9.17) is 0 Å². The van der Waals surface area contributed by atoms with Gasteiger partial charge in [-0.3, -0.25) is 9.59 Å². The predicted octanol–water partition coefficient (Wildman–Crippen LogP) is 2.25. The van der Waals surface area contributed by atoms with Gasteiger partial charge in [0.25, 0.3) is 5.91 Å². The summed E-state index contributed by atoms with van der Waals surface area (Å²) in [6, 6.07) is 7.07. The van der Waals surface area contributed by atoms with E-state index >= 15 is 0 Å². The van der Waals surface area contributed by atoms with Crippen LogP contribution in [0.25, 0.3) is 0 Å². The Bertz CT molecular complexity index is 507. The molecule has 1 aliphatic rings. The molecule has 1 aromatic carbocycles. The van der Waals surface area contributed by atoms with E-state index in [0.717, 1.165) is 19.6 Å². The summed E-state index contributed by atoms with van der Waals surface area (Å²) in [5.41, 5.74) is 1.31. The third-order valence-electron chi connectivity index (χ3n) is 3.83. The zero-order chi connectivity index (χ0) is 15.9. The van der Waals surface area contributed by atoms with Crippen LogP contribution in [0.15, 0.2) is 24.3 Å². The second-order valence-electron chi connectivity index (χ2n) is 5.99. The second-order valence-corrected chi connectivity index (χ2v) is 5.99. The van der Waals surface area contributed by atoms with Crippen LogP contribution < -0.4 is 10.6 Å². The van der Waals surface area contributed by atoms with Gasteiger partial charge in [-0.1, -0.05) is 6.42 Å². The quantitative estimate of drug-likeness (QED) is 0.877. The van der Waals surface area contributed by atoms with Crippen molar-refractivity contribution >= 4 is 17.5 Å². The fourth-order valence-corrected chi connectivity index (χ4v) is 2.79. The summed E-state index contributed by atoms with van der Waals surface area (Å²) in [4.78, 5) is 25.6. The number of hydrogen-bond donors (Lipinski definition) is 2. The molecule has 2 N–H and O–H groups in total. The Hall–Kier alpha value is -1.88. The van der Waals surface area contributed by atoms with Gasteiger partial charge < -0.3 is 15.5 Å². The molecule has 0 spiro atoms. The van der Waals surface area contributed by atoms with Crippen LogP contribution in [0.5, 0.6) is 0 Å². The third kappa shape index (κ3) is 5.15. The number of anilines is 1. The molecule has 0 bridgehead atoms. The minimum atomic E-state index is -0.118. The van der Waals surface area contributed by atoms with Gasteiger partial charge in [0.15, 0.2) is 0 Å². The van der Waals surface area contributed by atoms with Crippen molar-refractivity contribution in [1.29, 1.82) is 0 Å². The molecule has 0 aliphatic carbocycles. The van der Waals surface area contributed by atoms with E-state index in [-0.39, 0.29) is 17.9 Å². The molecule has 1 aromatic rings. The Morgan fingerprint density at radius 1 is 1.14 bits per heavy atom. The van der Waals surface area contributed by atoms with Crippen LogP contribution >= 0.6 is 0 Å². The van der Waals surface area contributed by atoms with Crippen molar-refractivity contribution in [1.82, 2.24) is 10.2 Å². The number of nitrogens with zero attached hydrogens (tertiary/aromatic N) is 1. The molecule has 1 fully saturated rings. The standard InChI is InChI=1S/C17H25N3O2/c1-13(12-20-10-4-3-5-11-20)18-17(22)15-6-8-16(9-7-15)19-14(2)21/h6-9,13H,3-5,10-12H2,1-2H3,(H,18,22)(H,19,21)/t13-/m1/s1. The van der Waals surface area contributed by atoms with Crippen molar-refractivity contribution < 1.29 is 9.59 Å². The molecule has 5 nitrogen and oxygen atoms in total. The average Bonchev–Trinajstić information content (AvgIpc) is 2.48. The van der Waals surface area contributed by atoms with Crippen LogP contribution in [-0.4, -0.2) is 42.4 Å². The Labute approximate surface area is 132 Å². The summed E-state index contributed by atoms with van der Waals surface area (Å²) in [6.07, 6.45) is 3.83. The van der Waals surface area contributed by atoms with E-state index in [9.17, 15) is 9.59 Å². The van der Waals surface area contributed by atoms with Crippen molar-refractivity contribution in [2.75, 3.05) is 25.0 Å². The summed E-state index contributed by atoms with van der Waals surface area (Å²) < 4.78 is 0. The zero-order valence-corrected chi connectivity index (χ0v) is 13.4. The topological polar surface area (TPSA) is 61.4 Å². The molecule has 1 heterocycles. The number of carbonyl (C=O) groups excluding carboxylic acids is 2. The van der Waals surface area contributed by atoms with Crippen molar-refractivity contribution in [2.24, 2.45) is 0 Å². The van der Waals surface area contributed by atoms with Crippen LogP contribution in [-0.2, 0) is 4.79 Å². The molecule has 1 aliphatic heterocycles. The number of carbonyl (C=O) groups is 2. The maximum Gasteiger partial charge on any atom is 0.251 e. The molecule has 120 valence electrons. The van der Waals surface area contributed by atoms with Crippen molar-refractivity contribution in [3.8, 4) is 0 Å². The first-order valence-electron chi connectivity index (χ1n) is 7.95. The number of amides is 2. The fourth-order valence-electron chi connectivity index (χ4n) is 2.79. The molecule has 0 aromatic heterocycles. The molecular weight excluding hydrogens is 278 g/mol. The van der Waals surface area contributed by atoms with E-state index in [2.05, 4.69) is 15.5 Å². The van der Waals surface area contributed by atoms with E-state index < -0.39 is 0 Å². The van der Waals surface area contributed by atoms with Crippen LogP contribution in [0, 0.1) is 0 Å². The normalized spacial score (nSPS) is 16.8.